The van der Waals surface area contributed by atoms with E-state index in [2.05, 4.69) is 15.6 Å². The smallest absolute Gasteiger partial charge is 0.298 e. The lowest BCUT2D eigenvalue weighted by molar-refractivity contribution is -0.146. The molecule has 0 bridgehead atoms. The molecule has 2 N–H and O–H groups in total. The first-order valence-electron chi connectivity index (χ1n) is 10.8. The summed E-state index contributed by atoms with van der Waals surface area (Å²) in [6.07, 6.45) is 1.63. The second kappa shape index (κ2) is 11.0. The van der Waals surface area contributed by atoms with Gasteiger partial charge in [-0.2, -0.15) is 0 Å². The van der Waals surface area contributed by atoms with E-state index in [1.54, 1.807) is 0 Å². The van der Waals surface area contributed by atoms with Gasteiger partial charge in [0.2, 0.25) is 5.91 Å². The van der Waals surface area contributed by atoms with E-state index in [9.17, 15) is 23.6 Å². The summed E-state index contributed by atoms with van der Waals surface area (Å²) in [5.41, 5.74) is 0.0678. The van der Waals surface area contributed by atoms with Crippen LogP contribution in [0, 0.1) is 11.2 Å². The maximum absolute atomic E-state index is 13.0. The van der Waals surface area contributed by atoms with Crippen LogP contribution in [0.3, 0.4) is 0 Å². The lowest BCUT2D eigenvalue weighted by Crippen LogP contribution is -2.57. The number of ketones is 1. The maximum atomic E-state index is 13.0. The third-order valence-electron chi connectivity index (χ3n) is 4.87. The Morgan fingerprint density at radius 2 is 1.78 bits per heavy atom. The fraction of sp³-hybridized carbons (Fsp3) is 0.522. The number of Topliss-reactive ketones (excluding diaryl/α,β-unsaturated/α-hetero) is 1. The molecule has 1 aromatic carbocycles. The monoisotopic (exact) mass is 446 g/mol. The summed E-state index contributed by atoms with van der Waals surface area (Å²) < 4.78 is 13.0. The van der Waals surface area contributed by atoms with Crippen LogP contribution in [0.25, 0.3) is 0 Å². The number of halogens is 1. The molecule has 0 spiro atoms. The fourth-order valence-corrected chi connectivity index (χ4v) is 3.25. The first kappa shape index (κ1) is 25.2. The van der Waals surface area contributed by atoms with Crippen molar-refractivity contribution in [1.29, 1.82) is 0 Å². The number of aliphatic imine (C=N–C) groups is 1. The van der Waals surface area contributed by atoms with Gasteiger partial charge in [0, 0.05) is 31.5 Å². The second-order valence-electron chi connectivity index (χ2n) is 8.72. The molecular weight excluding hydrogens is 415 g/mol. The van der Waals surface area contributed by atoms with Crippen molar-refractivity contribution >= 4 is 29.3 Å². The van der Waals surface area contributed by atoms with Crippen LogP contribution >= 0.6 is 0 Å². The predicted molar refractivity (Wildman–Crippen MR) is 118 cm³/mol. The van der Waals surface area contributed by atoms with Crippen LogP contribution in [0.15, 0.2) is 29.3 Å². The number of carbonyl (C=O) groups excluding carboxylic acids is 4. The molecular formula is C23H31FN4O4. The van der Waals surface area contributed by atoms with Gasteiger partial charge in [-0.1, -0.05) is 39.8 Å². The van der Waals surface area contributed by atoms with Crippen LogP contribution in [0.4, 0.5) is 4.39 Å². The molecule has 0 aromatic heterocycles. The van der Waals surface area contributed by atoms with E-state index in [1.807, 2.05) is 27.7 Å². The number of nitrogens with zero attached hydrogens (tertiary/aromatic N) is 2. The summed E-state index contributed by atoms with van der Waals surface area (Å²) >= 11 is 0. The van der Waals surface area contributed by atoms with Gasteiger partial charge in [-0.05, 0) is 30.5 Å². The van der Waals surface area contributed by atoms with Crippen LogP contribution in [0.1, 0.15) is 52.5 Å². The Morgan fingerprint density at radius 1 is 1.12 bits per heavy atom. The zero-order chi connectivity index (χ0) is 23.9. The third-order valence-corrected chi connectivity index (χ3v) is 4.87. The minimum Gasteiger partial charge on any atom is -0.356 e. The standard InChI is InChI=1S/C23H31FN4O4/c1-5-7-17(29)25-12-6-13-28-21(32)19(30)18(27-22(28)23(2,3)4)20(31)26-14-15-8-10-16(24)11-9-15/h8-11,18H,5-7,12-14H2,1-4H3,(H,25,29)(H,26,31). The van der Waals surface area contributed by atoms with Crippen molar-refractivity contribution < 1.29 is 23.6 Å². The van der Waals surface area contributed by atoms with Crippen LogP contribution in [0.2, 0.25) is 0 Å². The van der Waals surface area contributed by atoms with E-state index in [0.717, 1.165) is 6.42 Å². The number of hydrogen-bond donors (Lipinski definition) is 2. The summed E-state index contributed by atoms with van der Waals surface area (Å²) in [6.45, 7) is 8.11. The summed E-state index contributed by atoms with van der Waals surface area (Å²) in [4.78, 5) is 55.4. The first-order chi connectivity index (χ1) is 15.0. The third kappa shape index (κ3) is 6.70. The predicted octanol–water partition coefficient (Wildman–Crippen LogP) is 1.97. The van der Waals surface area contributed by atoms with Crippen molar-refractivity contribution in [3.8, 4) is 0 Å². The Bertz CT molecular complexity index is 890. The highest BCUT2D eigenvalue weighted by Crippen LogP contribution is 2.24. The quantitative estimate of drug-likeness (QED) is 0.343. The van der Waals surface area contributed by atoms with Crippen LogP contribution in [0.5, 0.6) is 0 Å². The molecule has 8 nitrogen and oxygen atoms in total. The molecule has 1 aliphatic heterocycles. The zero-order valence-corrected chi connectivity index (χ0v) is 19.0. The van der Waals surface area contributed by atoms with E-state index >= 15 is 0 Å². The highest BCUT2D eigenvalue weighted by molar-refractivity contribution is 6.46. The number of amidine groups is 1. The lowest BCUT2D eigenvalue weighted by Gasteiger charge is -2.36. The maximum Gasteiger partial charge on any atom is 0.298 e. The number of carbonyl (C=O) groups is 4. The van der Waals surface area contributed by atoms with Gasteiger partial charge in [0.25, 0.3) is 17.6 Å². The average molecular weight is 447 g/mol. The zero-order valence-electron chi connectivity index (χ0n) is 19.0. The first-order valence-corrected chi connectivity index (χ1v) is 10.8. The van der Waals surface area contributed by atoms with Crippen molar-refractivity contribution in [2.45, 2.75) is 59.5 Å². The molecule has 0 fully saturated rings. The van der Waals surface area contributed by atoms with Crippen molar-refractivity contribution in [3.63, 3.8) is 0 Å². The Balaban J connectivity index is 2.09. The Labute approximate surface area is 187 Å². The molecule has 32 heavy (non-hydrogen) atoms. The molecule has 0 saturated heterocycles. The summed E-state index contributed by atoms with van der Waals surface area (Å²) in [5.74, 6) is -2.46. The number of hydrogen-bond acceptors (Lipinski definition) is 5. The van der Waals surface area contributed by atoms with Gasteiger partial charge in [-0.25, -0.2) is 9.38 Å². The summed E-state index contributed by atoms with van der Waals surface area (Å²) in [6, 6.07) is 4.13. The van der Waals surface area contributed by atoms with Gasteiger partial charge in [0.05, 0.1) is 0 Å². The molecule has 1 atom stereocenters. The van der Waals surface area contributed by atoms with Crippen LogP contribution < -0.4 is 10.6 Å². The molecule has 0 saturated carbocycles. The molecule has 1 aliphatic rings. The van der Waals surface area contributed by atoms with E-state index in [-0.39, 0.29) is 19.0 Å². The van der Waals surface area contributed by atoms with Gasteiger partial charge >= 0.3 is 0 Å². The molecule has 1 aromatic rings. The van der Waals surface area contributed by atoms with Gasteiger partial charge in [-0.15, -0.1) is 0 Å². The minimum atomic E-state index is -1.46. The highest BCUT2D eigenvalue weighted by atomic mass is 19.1. The summed E-state index contributed by atoms with van der Waals surface area (Å²) in [5, 5.41) is 5.37. The number of amides is 3. The topological polar surface area (TPSA) is 108 Å². The molecule has 174 valence electrons. The molecule has 1 unspecified atom stereocenters. The van der Waals surface area contributed by atoms with Gasteiger partial charge in [-0.3, -0.25) is 24.1 Å². The Morgan fingerprint density at radius 3 is 2.38 bits per heavy atom. The molecule has 0 radical (unpaired) electrons. The molecule has 2 rings (SSSR count). The average Bonchev–Trinajstić information content (AvgIpc) is 2.72. The second-order valence-corrected chi connectivity index (χ2v) is 8.72. The number of benzene rings is 1. The van der Waals surface area contributed by atoms with Gasteiger partial charge in [0.1, 0.15) is 11.7 Å². The van der Waals surface area contributed by atoms with Crippen molar-refractivity contribution in [2.24, 2.45) is 10.4 Å². The van der Waals surface area contributed by atoms with Gasteiger partial charge in [0.15, 0.2) is 6.04 Å². The van der Waals surface area contributed by atoms with Crippen molar-refractivity contribution in [1.82, 2.24) is 15.5 Å². The van der Waals surface area contributed by atoms with E-state index < -0.39 is 34.9 Å². The number of rotatable bonds is 9. The van der Waals surface area contributed by atoms with E-state index in [1.165, 1.54) is 29.2 Å². The SMILES string of the molecule is CCCC(=O)NCCCN1C(=O)C(=O)C(C(=O)NCc2ccc(F)cc2)N=C1C(C)(C)C. The lowest BCUT2D eigenvalue weighted by atomic mass is 9.91. The summed E-state index contributed by atoms with van der Waals surface area (Å²) in [7, 11) is 0. The van der Waals surface area contributed by atoms with Crippen molar-refractivity contribution in [2.75, 3.05) is 13.1 Å². The van der Waals surface area contributed by atoms with Crippen LogP contribution in [-0.4, -0.2) is 53.4 Å². The highest BCUT2D eigenvalue weighted by Gasteiger charge is 2.43. The molecule has 1 heterocycles. The Hall–Kier alpha value is -3.10. The van der Waals surface area contributed by atoms with Crippen LogP contribution in [-0.2, 0) is 25.7 Å². The fourth-order valence-electron chi connectivity index (χ4n) is 3.25. The molecule has 3 amide bonds. The largest absolute Gasteiger partial charge is 0.356 e. The van der Waals surface area contributed by atoms with Gasteiger partial charge < -0.3 is 10.6 Å². The van der Waals surface area contributed by atoms with E-state index in [0.29, 0.717) is 30.8 Å². The molecule has 0 aliphatic carbocycles. The molecule has 9 heteroatoms. The van der Waals surface area contributed by atoms with E-state index in [4.69, 9.17) is 0 Å². The number of nitrogens with one attached hydrogen (secondary N) is 2. The minimum absolute atomic E-state index is 0.0591. The Kier molecular flexibility index (Phi) is 8.63. The normalized spacial score (nSPS) is 16.6. The van der Waals surface area contributed by atoms with Crippen molar-refractivity contribution in [3.05, 3.63) is 35.6 Å².